The molecule has 0 spiro atoms. The molecule has 0 fully saturated rings. The third-order valence-corrected chi connectivity index (χ3v) is 0.0667. The van der Waals surface area contributed by atoms with Crippen molar-refractivity contribution in [1.82, 2.24) is 0 Å². The number of aliphatic hydroxyl groups excluding tert-OH is 2. The fourth-order valence-corrected chi connectivity index (χ4v) is 0. The Bertz CT molecular complexity index is 151. The Labute approximate surface area is 81.5 Å². The van der Waals surface area contributed by atoms with Crippen molar-refractivity contribution in [3.8, 4) is 0 Å². The van der Waals surface area contributed by atoms with E-state index in [1.807, 2.05) is 0 Å². The summed E-state index contributed by atoms with van der Waals surface area (Å²) in [5.74, 6) is 0. The van der Waals surface area contributed by atoms with Crippen LogP contribution in [-0.4, -0.2) is 27.7 Å². The molecule has 0 aliphatic carbocycles. The van der Waals surface area contributed by atoms with Crippen LogP contribution in [0.5, 0.6) is 0 Å². The molecule has 0 aromatic rings. The minimum Gasteiger partial charge on any atom is -1.00 e. The van der Waals surface area contributed by atoms with Crippen LogP contribution in [0, 0.1) is 0 Å². The van der Waals surface area contributed by atoms with Crippen LogP contribution >= 0.6 is 0 Å². The van der Waals surface area contributed by atoms with Crippen LogP contribution in [0.3, 0.4) is 0 Å². The van der Waals surface area contributed by atoms with Gasteiger partial charge in [-0.15, -0.1) is 0 Å². The van der Waals surface area contributed by atoms with E-state index in [-0.39, 0.29) is 31.0 Å². The Balaban J connectivity index is -0.0000000383. The first-order valence-corrected chi connectivity index (χ1v) is 2.95. The average molecular weight is 182 g/mol. The predicted octanol–water partition coefficient (Wildman–Crippen LogP) is -2.96. The van der Waals surface area contributed by atoms with Crippen molar-refractivity contribution in [2.75, 3.05) is 0 Å². The van der Waals surface area contributed by atoms with Gasteiger partial charge in [-0.25, -0.2) is 0 Å². The fraction of sp³-hybridized carbons (Fsp3) is 0. The molecule has 0 radical (unpaired) electrons. The van der Waals surface area contributed by atoms with Gasteiger partial charge >= 0.3 is 40.0 Å². The van der Waals surface area contributed by atoms with Crippen molar-refractivity contribution >= 4 is 10.4 Å². The van der Waals surface area contributed by atoms with Crippen LogP contribution in [0.25, 0.3) is 0 Å². The summed E-state index contributed by atoms with van der Waals surface area (Å²) < 4.78 is 31.6. The van der Waals surface area contributed by atoms with Crippen LogP contribution in [0.4, 0.5) is 0 Å². The summed E-state index contributed by atoms with van der Waals surface area (Å²) in [5, 5.41) is 14.9. The van der Waals surface area contributed by atoms with E-state index in [0.717, 1.165) is 0 Å². The summed E-state index contributed by atoms with van der Waals surface area (Å²) >= 11 is 0. The molecule has 8 heteroatoms. The van der Waals surface area contributed by atoms with E-state index in [1.54, 1.807) is 0 Å². The van der Waals surface area contributed by atoms with Gasteiger partial charge in [-0.2, -0.15) is 8.42 Å². The van der Waals surface area contributed by atoms with E-state index < -0.39 is 10.4 Å². The Morgan fingerprint density at radius 2 is 1.20 bits per heavy atom. The minimum absolute atomic E-state index is 0. The molecule has 58 valence electrons. The zero-order valence-corrected chi connectivity index (χ0v) is 7.98. The van der Waals surface area contributed by atoms with Crippen molar-refractivity contribution in [1.29, 1.82) is 0 Å². The van der Waals surface area contributed by atoms with Crippen LogP contribution < -0.4 is 29.6 Å². The second-order valence-electron chi connectivity index (χ2n) is 0.746. The largest absolute Gasteiger partial charge is 1.00 e. The van der Waals surface area contributed by atoms with Gasteiger partial charge in [-0.1, -0.05) is 0 Å². The molecule has 0 saturated heterocycles. The number of rotatable bonds is 0. The van der Waals surface area contributed by atoms with Crippen molar-refractivity contribution in [2.24, 2.45) is 0 Å². The summed E-state index contributed by atoms with van der Waals surface area (Å²) in [7, 11) is -4.67. The molecule has 0 aromatic carbocycles. The average Bonchev–Trinajstić information content (AvgIpc) is 1.61. The maximum absolute atomic E-state index is 8.74. The standard InChI is InChI=1S/C2H4O2.Na.H2O4S.H/c3-1-2-4;;1-5(2,3)4;/h1-4H;;(H2,1,2,3,4);/q;+1;;-1. The molecule has 0 bridgehead atoms. The SMILES string of the molecule is O=S(=O)(O)O.OC=CO.[H-].[Na+]. The molecule has 0 saturated carbocycles. The molecule has 0 aliphatic rings. The molecular formula is C2H7NaO6S. The quantitative estimate of drug-likeness (QED) is 0.181. The van der Waals surface area contributed by atoms with Crippen molar-refractivity contribution < 1.29 is 58.7 Å². The van der Waals surface area contributed by atoms with Gasteiger partial charge in [-0.05, 0) is 0 Å². The second-order valence-corrected chi connectivity index (χ2v) is 1.64. The Hall–Kier alpha value is 0.210. The minimum atomic E-state index is -4.67. The molecule has 0 atom stereocenters. The number of hydrogen-bond donors (Lipinski definition) is 4. The molecule has 4 N–H and O–H groups in total. The number of aliphatic hydroxyl groups is 2. The monoisotopic (exact) mass is 182 g/mol. The van der Waals surface area contributed by atoms with Gasteiger partial charge in [0.1, 0.15) is 12.5 Å². The molecule has 6 nitrogen and oxygen atoms in total. The van der Waals surface area contributed by atoms with Gasteiger partial charge in [0.15, 0.2) is 0 Å². The Kier molecular flexibility index (Phi) is 15.3. The van der Waals surface area contributed by atoms with E-state index >= 15 is 0 Å². The Morgan fingerprint density at radius 3 is 1.20 bits per heavy atom. The van der Waals surface area contributed by atoms with Gasteiger partial charge in [0.2, 0.25) is 0 Å². The van der Waals surface area contributed by atoms with Crippen molar-refractivity contribution in [2.45, 2.75) is 0 Å². The summed E-state index contributed by atoms with van der Waals surface area (Å²) in [6, 6.07) is 0. The van der Waals surface area contributed by atoms with Crippen LogP contribution in [-0.2, 0) is 10.4 Å². The zero-order valence-electron chi connectivity index (χ0n) is 6.17. The Morgan fingerprint density at radius 1 is 1.10 bits per heavy atom. The van der Waals surface area contributed by atoms with Gasteiger partial charge in [-0.3, -0.25) is 9.11 Å². The van der Waals surface area contributed by atoms with Gasteiger partial charge in [0.05, 0.1) is 0 Å². The molecule has 10 heavy (non-hydrogen) atoms. The van der Waals surface area contributed by atoms with E-state index in [9.17, 15) is 0 Å². The van der Waals surface area contributed by atoms with Gasteiger partial charge < -0.3 is 11.6 Å². The third kappa shape index (κ3) is 292. The summed E-state index contributed by atoms with van der Waals surface area (Å²) in [6.07, 6.45) is 1.11. The molecule has 0 rings (SSSR count). The van der Waals surface area contributed by atoms with E-state index in [1.165, 1.54) is 0 Å². The van der Waals surface area contributed by atoms with Crippen molar-refractivity contribution in [3.63, 3.8) is 0 Å². The first-order chi connectivity index (χ1) is 3.91. The first kappa shape index (κ1) is 16.7. The first-order valence-electron chi connectivity index (χ1n) is 1.55. The molecular weight excluding hydrogens is 175 g/mol. The molecule has 0 amide bonds. The summed E-state index contributed by atoms with van der Waals surface area (Å²) in [6.45, 7) is 0. The molecule has 0 heterocycles. The van der Waals surface area contributed by atoms with Crippen LogP contribution in [0.1, 0.15) is 1.43 Å². The maximum Gasteiger partial charge on any atom is 1.00 e. The van der Waals surface area contributed by atoms with Crippen molar-refractivity contribution in [3.05, 3.63) is 12.5 Å². The molecule has 0 aromatic heterocycles. The topological polar surface area (TPSA) is 115 Å². The van der Waals surface area contributed by atoms with Gasteiger partial charge in [0, 0.05) is 0 Å². The van der Waals surface area contributed by atoms with E-state index in [0.29, 0.717) is 12.5 Å². The summed E-state index contributed by atoms with van der Waals surface area (Å²) in [4.78, 5) is 0. The third-order valence-electron chi connectivity index (χ3n) is 0.0667. The normalized spacial score (nSPS) is 9.40. The van der Waals surface area contributed by atoms with E-state index in [4.69, 9.17) is 27.7 Å². The van der Waals surface area contributed by atoms with Crippen LogP contribution in [0.2, 0.25) is 0 Å². The van der Waals surface area contributed by atoms with Crippen LogP contribution in [0.15, 0.2) is 12.5 Å². The molecule has 0 unspecified atom stereocenters. The van der Waals surface area contributed by atoms with E-state index in [2.05, 4.69) is 0 Å². The maximum atomic E-state index is 8.74. The summed E-state index contributed by atoms with van der Waals surface area (Å²) in [5.41, 5.74) is 0. The molecule has 0 aliphatic heterocycles. The van der Waals surface area contributed by atoms with Gasteiger partial charge in [0.25, 0.3) is 0 Å². The second kappa shape index (κ2) is 9.21. The predicted molar refractivity (Wildman–Crippen MR) is 29.7 cm³/mol. The fourth-order valence-electron chi connectivity index (χ4n) is 0. The number of hydrogen-bond acceptors (Lipinski definition) is 4. The smallest absolute Gasteiger partial charge is 1.00 e. The zero-order chi connectivity index (χ0) is 7.91.